The summed E-state index contributed by atoms with van der Waals surface area (Å²) in [4.78, 5) is 51.4. The van der Waals surface area contributed by atoms with E-state index in [1.807, 2.05) is 141 Å². The van der Waals surface area contributed by atoms with Crippen molar-refractivity contribution in [3.63, 3.8) is 0 Å². The molecule has 22 nitrogen and oxygen atoms in total. The number of aromatic carboxylic acids is 1. The maximum Gasteiger partial charge on any atom is 0.337 e. The fourth-order valence-electron chi connectivity index (χ4n) is 12.7. The number of carbonyl (C=O) groups excluding carboxylic acids is 3. The van der Waals surface area contributed by atoms with Crippen LogP contribution in [-0.2, 0) is 30.9 Å². The van der Waals surface area contributed by atoms with Crippen molar-refractivity contribution in [1.29, 1.82) is 0 Å². The number of benzene rings is 8. The maximum atomic E-state index is 12.9. The van der Waals surface area contributed by atoms with Gasteiger partial charge in [0.1, 0.15) is 23.0 Å². The lowest BCUT2D eigenvalue weighted by Crippen LogP contribution is -2.26. The van der Waals surface area contributed by atoms with Crippen LogP contribution in [0.1, 0.15) is 189 Å². The van der Waals surface area contributed by atoms with Crippen LogP contribution in [0.5, 0.6) is 23.0 Å². The number of carbonyl (C=O) groups is 4. The van der Waals surface area contributed by atoms with Gasteiger partial charge in [-0.2, -0.15) is 20.4 Å². The number of hydrogen-bond acceptors (Lipinski definition) is 15. The standard InChI is InChI=1S/2C21H23N3O2.C13H16O3.C12H14O3.2C9H11N3/c1-3-26-20-11-16(7-8-18(20)15-5-6-15)21(25)24(2)13-14-4-9-19-17(10-14)12-22-23-19;1-3-26-20-11-16(8-9-18(20)15-6-7-15)21(25)24(2)13-14-4-5-17-12-22-23-19(17)10-14;1-3-16-12-8-10(13(14)15-2)6-7-11(12)9-4-5-9;1-2-15-11-7-9(12(13)14)5-6-10(11)8-3-4-8;1-10-5-7-2-3-9-8(4-7)6-11-12-9;1-10-5-7-2-3-8-6-11-12-9(8)4-7/h4,7-12,15H,3,5-6,13H2,1-2H3,(H,22,23);4-5,8-12,15H,3,6-7,13H2,1-2H3,(H,22,23);6-9H,3-5H2,1-2H3;5-8H,2-4H2,1H3,(H,13,14);2*2-4,6,10H,5H2,1H3,(H,11,12). The molecular weight excluding hydrogens is 1350 g/mol. The zero-order valence-corrected chi connectivity index (χ0v) is 62.6. The number of aromatic nitrogens is 8. The molecule has 0 aliphatic heterocycles. The largest absolute Gasteiger partial charge is 0.494 e. The molecule has 4 aliphatic rings. The Bertz CT molecular complexity index is 4730. The van der Waals surface area contributed by atoms with Gasteiger partial charge in [-0.25, -0.2) is 9.59 Å². The predicted octanol–water partition coefficient (Wildman–Crippen LogP) is 16.2. The Balaban J connectivity index is 0.000000132. The first-order valence-corrected chi connectivity index (χ1v) is 37.0. The normalized spacial score (nSPS) is 13.4. The molecule has 0 bridgehead atoms. The van der Waals surface area contributed by atoms with Crippen LogP contribution in [0.3, 0.4) is 0 Å². The molecule has 7 N–H and O–H groups in total. The number of fused-ring (bicyclic) bond motifs is 4. The first-order valence-electron chi connectivity index (χ1n) is 37.0. The van der Waals surface area contributed by atoms with Crippen molar-refractivity contribution in [1.82, 2.24) is 61.2 Å². The van der Waals surface area contributed by atoms with Gasteiger partial charge in [-0.15, -0.1) is 0 Å². The molecule has 4 heterocycles. The van der Waals surface area contributed by atoms with E-state index < -0.39 is 5.97 Å². The highest BCUT2D eigenvalue weighted by Crippen LogP contribution is 2.47. The van der Waals surface area contributed by atoms with Crippen molar-refractivity contribution in [2.45, 2.75) is 129 Å². The molecule has 0 unspecified atom stereocenters. The molecule has 12 aromatic rings. The first kappa shape index (κ1) is 76.8. The number of hydrogen-bond donors (Lipinski definition) is 7. The lowest BCUT2D eigenvalue weighted by Gasteiger charge is -2.19. The molecule has 558 valence electrons. The molecule has 0 saturated heterocycles. The molecule has 4 aromatic heterocycles. The Morgan fingerprint density at radius 2 is 0.720 bits per heavy atom. The van der Waals surface area contributed by atoms with Crippen LogP contribution in [-0.4, -0.2) is 141 Å². The van der Waals surface area contributed by atoms with Crippen molar-refractivity contribution in [3.8, 4) is 23.0 Å². The second-order valence-electron chi connectivity index (χ2n) is 27.2. The lowest BCUT2D eigenvalue weighted by molar-refractivity contribution is 0.0598. The minimum absolute atomic E-state index is 0.000547. The number of H-pyrrole nitrogens is 4. The SMILES string of the molecule is CCOc1cc(C(=O)N(C)Cc2ccc3[nH]ncc3c2)ccc1C1CC1.CCOc1cc(C(=O)N(C)Cc2ccc3cn[nH]c3c2)ccc1C1CC1.CCOc1cc(C(=O)O)ccc1C1CC1.CCOc1cc(C(=O)OC)ccc1C1CC1.CNCc1ccc2[nH]ncc2c1.CNCc1ccc2cn[nH]c2c1. The van der Waals surface area contributed by atoms with Crippen molar-refractivity contribution in [3.05, 3.63) is 237 Å². The molecule has 0 radical (unpaired) electrons. The van der Waals surface area contributed by atoms with E-state index in [1.54, 1.807) is 40.4 Å². The van der Waals surface area contributed by atoms with Crippen molar-refractivity contribution in [2.75, 3.05) is 61.7 Å². The molecule has 0 spiro atoms. The predicted molar refractivity (Wildman–Crippen MR) is 418 cm³/mol. The summed E-state index contributed by atoms with van der Waals surface area (Å²) < 4.78 is 27.3. The van der Waals surface area contributed by atoms with Crippen LogP contribution in [0.25, 0.3) is 43.6 Å². The van der Waals surface area contributed by atoms with Gasteiger partial charge in [0, 0.05) is 72.9 Å². The fourth-order valence-corrected chi connectivity index (χ4v) is 12.7. The molecule has 0 atom stereocenters. The van der Waals surface area contributed by atoms with Crippen molar-refractivity contribution >= 4 is 67.4 Å². The zero-order valence-electron chi connectivity index (χ0n) is 62.6. The van der Waals surface area contributed by atoms with Gasteiger partial charge >= 0.3 is 11.9 Å². The van der Waals surface area contributed by atoms with E-state index in [1.165, 1.54) is 91.7 Å². The van der Waals surface area contributed by atoms with Gasteiger partial charge in [0.2, 0.25) is 0 Å². The number of nitrogens with one attached hydrogen (secondary N) is 6. The molecule has 16 rings (SSSR count). The number of esters is 1. The summed E-state index contributed by atoms with van der Waals surface area (Å²) in [7, 11) is 8.93. The Labute approximate surface area is 624 Å². The van der Waals surface area contributed by atoms with Crippen molar-refractivity contribution < 1.29 is 48.0 Å². The Hall–Kier alpha value is -11.4. The van der Waals surface area contributed by atoms with Crippen LogP contribution < -0.4 is 29.6 Å². The number of ether oxygens (including phenoxy) is 5. The van der Waals surface area contributed by atoms with E-state index in [9.17, 15) is 19.2 Å². The summed E-state index contributed by atoms with van der Waals surface area (Å²) in [6.45, 7) is 13.1. The summed E-state index contributed by atoms with van der Waals surface area (Å²) in [5, 5.41) is 47.3. The lowest BCUT2D eigenvalue weighted by atomic mass is 10.1. The fraction of sp³-hybridized carbons (Fsp3) is 0.341. The second-order valence-corrected chi connectivity index (χ2v) is 27.2. The van der Waals surface area contributed by atoms with Gasteiger partial charge in [-0.3, -0.25) is 30.0 Å². The van der Waals surface area contributed by atoms with E-state index in [4.69, 9.17) is 28.8 Å². The number of aromatic amines is 4. The number of carboxylic acid groups (broad SMARTS) is 1. The maximum absolute atomic E-state index is 12.9. The third-order valence-corrected chi connectivity index (χ3v) is 18.8. The molecule has 22 heteroatoms. The zero-order chi connectivity index (χ0) is 75.3. The summed E-state index contributed by atoms with van der Waals surface area (Å²) in [5.74, 6) is 4.44. The highest BCUT2D eigenvalue weighted by atomic mass is 16.5. The number of nitrogens with zero attached hydrogens (tertiary/aromatic N) is 6. The van der Waals surface area contributed by atoms with E-state index in [2.05, 4.69) is 106 Å². The first-order chi connectivity index (χ1) is 52.1. The summed E-state index contributed by atoms with van der Waals surface area (Å²) in [5.41, 5.74) is 15.9. The second kappa shape index (κ2) is 37.1. The van der Waals surface area contributed by atoms with E-state index in [0.717, 1.165) is 91.0 Å². The average Bonchev–Trinajstić information content (AvgIpc) is 1.76. The molecule has 4 fully saturated rings. The third kappa shape index (κ3) is 21.0. The van der Waals surface area contributed by atoms with Gasteiger partial charge < -0.3 is 49.2 Å². The number of rotatable bonds is 24. The van der Waals surface area contributed by atoms with Gasteiger partial charge in [0.25, 0.3) is 11.8 Å². The Morgan fingerprint density at radius 1 is 0.402 bits per heavy atom. The third-order valence-electron chi connectivity index (χ3n) is 18.8. The average molecular weight is 1450 g/mol. The summed E-state index contributed by atoms with van der Waals surface area (Å²) >= 11 is 0. The van der Waals surface area contributed by atoms with Crippen LogP contribution in [0.15, 0.2) is 170 Å². The molecule has 4 saturated carbocycles. The smallest absolute Gasteiger partial charge is 0.337 e. The van der Waals surface area contributed by atoms with Crippen LogP contribution in [0.2, 0.25) is 0 Å². The molecule has 2 amide bonds. The van der Waals surface area contributed by atoms with E-state index >= 15 is 0 Å². The quantitative estimate of drug-likeness (QED) is 0.0277. The molecule has 107 heavy (non-hydrogen) atoms. The number of methoxy groups -OCH3 is 1. The Kier molecular flexibility index (Phi) is 26.6. The minimum Gasteiger partial charge on any atom is -0.494 e. The molecule has 8 aromatic carbocycles. The van der Waals surface area contributed by atoms with Gasteiger partial charge in [-0.05, 0) is 246 Å². The summed E-state index contributed by atoms with van der Waals surface area (Å²) in [6, 6.07) is 47.2. The molecular formula is C85H98N12O10. The van der Waals surface area contributed by atoms with Gasteiger partial charge in [-0.1, -0.05) is 60.7 Å². The minimum atomic E-state index is -0.904. The topological polar surface area (TPSA) is 280 Å². The Morgan fingerprint density at radius 3 is 1.11 bits per heavy atom. The van der Waals surface area contributed by atoms with Crippen LogP contribution in [0, 0.1) is 0 Å². The van der Waals surface area contributed by atoms with Crippen LogP contribution >= 0.6 is 0 Å². The number of carboxylic acids is 1. The van der Waals surface area contributed by atoms with Crippen molar-refractivity contribution in [2.24, 2.45) is 0 Å². The highest BCUT2D eigenvalue weighted by Gasteiger charge is 2.31. The monoisotopic (exact) mass is 1450 g/mol. The molecule has 4 aliphatic carbocycles. The van der Waals surface area contributed by atoms with E-state index in [-0.39, 0.29) is 17.8 Å². The summed E-state index contributed by atoms with van der Waals surface area (Å²) in [6.07, 6.45) is 16.9. The van der Waals surface area contributed by atoms with Gasteiger partial charge in [0.15, 0.2) is 0 Å². The number of amides is 2. The van der Waals surface area contributed by atoms with E-state index in [0.29, 0.717) is 85.4 Å². The highest BCUT2D eigenvalue weighted by molar-refractivity contribution is 5.96. The van der Waals surface area contributed by atoms with Crippen LogP contribution in [0.4, 0.5) is 0 Å². The van der Waals surface area contributed by atoms with Gasteiger partial charge in [0.05, 0.1) is 91.5 Å².